The van der Waals surface area contributed by atoms with Gasteiger partial charge < -0.3 is 4.98 Å². The van der Waals surface area contributed by atoms with Crippen molar-refractivity contribution in [3.63, 3.8) is 0 Å². The van der Waals surface area contributed by atoms with Crippen molar-refractivity contribution < 1.29 is 0 Å². The van der Waals surface area contributed by atoms with E-state index in [1.54, 1.807) is 0 Å². The molecule has 20 heavy (non-hydrogen) atoms. The second-order valence-electron chi connectivity index (χ2n) is 6.70. The molecule has 0 aliphatic carbocycles. The number of H-pyrrole nitrogens is 1. The van der Waals surface area contributed by atoms with Gasteiger partial charge in [0.2, 0.25) is 0 Å². The monoisotopic (exact) mass is 263 g/mol. The molecule has 0 aliphatic heterocycles. The summed E-state index contributed by atoms with van der Waals surface area (Å²) in [7, 11) is 0. The van der Waals surface area contributed by atoms with Gasteiger partial charge in [0, 0.05) is 16.6 Å². The molecular formula is C19H21N. The summed E-state index contributed by atoms with van der Waals surface area (Å²) in [5, 5.41) is 1.27. The molecule has 2 aromatic carbocycles. The molecule has 0 unspecified atom stereocenters. The smallest absolute Gasteiger partial charge is 0.0464 e. The number of nitrogens with one attached hydrogen (secondary N) is 1. The molecule has 3 aromatic rings. The van der Waals surface area contributed by atoms with E-state index < -0.39 is 0 Å². The summed E-state index contributed by atoms with van der Waals surface area (Å²) >= 11 is 0. The lowest BCUT2D eigenvalue weighted by Gasteiger charge is -2.18. The second-order valence-corrected chi connectivity index (χ2v) is 6.70. The summed E-state index contributed by atoms with van der Waals surface area (Å²) in [5.41, 5.74) is 5.37. The summed E-state index contributed by atoms with van der Waals surface area (Å²) in [6.07, 6.45) is 1.11. The standard InChI is InChI=1S/C19H21N/c1-19(2,3)13-14-8-10-15(11-9-14)18-12-16-6-4-5-7-17(16)20-18/h4-12,20H,13H2,1-3H3. The Balaban J connectivity index is 1.90. The normalized spacial score (nSPS) is 11.9. The number of benzene rings is 2. The van der Waals surface area contributed by atoms with Crippen molar-refractivity contribution in [1.29, 1.82) is 0 Å². The lowest BCUT2D eigenvalue weighted by atomic mass is 9.88. The minimum Gasteiger partial charge on any atom is -0.355 e. The van der Waals surface area contributed by atoms with Crippen LogP contribution in [0, 0.1) is 5.41 Å². The third-order valence-corrected chi connectivity index (χ3v) is 3.53. The molecule has 3 rings (SSSR count). The summed E-state index contributed by atoms with van der Waals surface area (Å²) in [5.74, 6) is 0. The summed E-state index contributed by atoms with van der Waals surface area (Å²) in [4.78, 5) is 3.48. The number of hydrogen-bond acceptors (Lipinski definition) is 0. The van der Waals surface area contributed by atoms with E-state index in [4.69, 9.17) is 0 Å². The van der Waals surface area contributed by atoms with Gasteiger partial charge in [-0.25, -0.2) is 0 Å². The van der Waals surface area contributed by atoms with E-state index in [9.17, 15) is 0 Å². The fourth-order valence-electron chi connectivity index (χ4n) is 2.64. The van der Waals surface area contributed by atoms with Crippen LogP contribution in [0.1, 0.15) is 26.3 Å². The van der Waals surface area contributed by atoms with Gasteiger partial charge in [-0.15, -0.1) is 0 Å². The summed E-state index contributed by atoms with van der Waals surface area (Å²) in [6.45, 7) is 6.83. The first-order valence-electron chi connectivity index (χ1n) is 7.18. The van der Waals surface area contributed by atoms with Gasteiger partial charge >= 0.3 is 0 Å². The molecule has 1 N–H and O–H groups in total. The Labute approximate surface area is 120 Å². The molecule has 0 saturated carbocycles. The number of hydrogen-bond donors (Lipinski definition) is 1. The van der Waals surface area contributed by atoms with Gasteiger partial charge in [0.1, 0.15) is 0 Å². The zero-order valence-corrected chi connectivity index (χ0v) is 12.4. The van der Waals surface area contributed by atoms with Crippen molar-refractivity contribution >= 4 is 10.9 Å². The SMILES string of the molecule is CC(C)(C)Cc1ccc(-c2cc3ccccc3[nH]2)cc1. The fourth-order valence-corrected chi connectivity index (χ4v) is 2.64. The molecule has 0 aliphatic rings. The zero-order chi connectivity index (χ0) is 14.2. The minimum atomic E-state index is 0.336. The van der Waals surface area contributed by atoms with Crippen LogP contribution in [0.4, 0.5) is 0 Å². The number of aromatic amines is 1. The van der Waals surface area contributed by atoms with Crippen LogP contribution in [-0.2, 0) is 6.42 Å². The van der Waals surface area contributed by atoms with Crippen molar-refractivity contribution in [3.05, 3.63) is 60.2 Å². The predicted molar refractivity (Wildman–Crippen MR) is 86.9 cm³/mol. The summed E-state index contributed by atoms with van der Waals surface area (Å²) in [6, 6.07) is 19.5. The van der Waals surface area contributed by atoms with Gasteiger partial charge in [0.25, 0.3) is 0 Å². The van der Waals surface area contributed by atoms with Crippen LogP contribution in [0.15, 0.2) is 54.6 Å². The highest BCUT2D eigenvalue weighted by Crippen LogP contribution is 2.26. The number of rotatable bonds is 2. The van der Waals surface area contributed by atoms with E-state index >= 15 is 0 Å². The molecule has 0 amide bonds. The van der Waals surface area contributed by atoms with Crippen LogP contribution >= 0.6 is 0 Å². The molecular weight excluding hydrogens is 242 g/mol. The quantitative estimate of drug-likeness (QED) is 0.635. The van der Waals surface area contributed by atoms with Crippen molar-refractivity contribution in [2.45, 2.75) is 27.2 Å². The first kappa shape index (κ1) is 13.0. The molecule has 0 bridgehead atoms. The summed E-state index contributed by atoms with van der Waals surface area (Å²) < 4.78 is 0. The number of para-hydroxylation sites is 1. The first-order valence-corrected chi connectivity index (χ1v) is 7.18. The maximum atomic E-state index is 3.48. The van der Waals surface area contributed by atoms with E-state index in [0.717, 1.165) is 6.42 Å². The van der Waals surface area contributed by atoms with E-state index in [2.05, 4.69) is 80.4 Å². The molecule has 0 radical (unpaired) electrons. The Bertz CT molecular complexity index is 678. The van der Waals surface area contributed by atoms with Gasteiger partial charge in [-0.3, -0.25) is 0 Å². The van der Waals surface area contributed by atoms with Gasteiger partial charge in [0.15, 0.2) is 0 Å². The van der Waals surface area contributed by atoms with Gasteiger partial charge in [-0.05, 0) is 35.1 Å². The maximum Gasteiger partial charge on any atom is 0.0464 e. The third kappa shape index (κ3) is 2.77. The van der Waals surface area contributed by atoms with Gasteiger partial charge in [-0.1, -0.05) is 63.2 Å². The Hall–Kier alpha value is -2.02. The highest BCUT2D eigenvalue weighted by atomic mass is 14.7. The molecule has 1 aromatic heterocycles. The fraction of sp³-hybridized carbons (Fsp3) is 0.263. The Kier molecular flexibility index (Phi) is 3.13. The van der Waals surface area contributed by atoms with Crippen LogP contribution in [0.5, 0.6) is 0 Å². The van der Waals surface area contributed by atoms with E-state index in [1.807, 2.05) is 0 Å². The Morgan fingerprint density at radius 3 is 2.25 bits per heavy atom. The number of fused-ring (bicyclic) bond motifs is 1. The van der Waals surface area contributed by atoms with Crippen LogP contribution in [0.3, 0.4) is 0 Å². The zero-order valence-electron chi connectivity index (χ0n) is 12.4. The van der Waals surface area contributed by atoms with Crippen molar-refractivity contribution in [3.8, 4) is 11.3 Å². The Morgan fingerprint density at radius 1 is 0.900 bits per heavy atom. The molecule has 0 saturated heterocycles. The van der Waals surface area contributed by atoms with E-state index in [0.29, 0.717) is 5.41 Å². The Morgan fingerprint density at radius 2 is 1.60 bits per heavy atom. The third-order valence-electron chi connectivity index (χ3n) is 3.53. The average Bonchev–Trinajstić information content (AvgIpc) is 2.81. The van der Waals surface area contributed by atoms with Crippen LogP contribution < -0.4 is 0 Å². The lowest BCUT2D eigenvalue weighted by molar-refractivity contribution is 0.411. The van der Waals surface area contributed by atoms with Crippen LogP contribution in [-0.4, -0.2) is 4.98 Å². The molecule has 1 nitrogen and oxygen atoms in total. The minimum absolute atomic E-state index is 0.336. The van der Waals surface area contributed by atoms with Crippen molar-refractivity contribution in [1.82, 2.24) is 4.98 Å². The average molecular weight is 263 g/mol. The van der Waals surface area contributed by atoms with Crippen LogP contribution in [0.2, 0.25) is 0 Å². The van der Waals surface area contributed by atoms with Gasteiger partial charge in [0.05, 0.1) is 0 Å². The van der Waals surface area contributed by atoms with Crippen molar-refractivity contribution in [2.24, 2.45) is 5.41 Å². The van der Waals surface area contributed by atoms with Gasteiger partial charge in [-0.2, -0.15) is 0 Å². The lowest BCUT2D eigenvalue weighted by Crippen LogP contribution is -2.08. The molecule has 0 atom stereocenters. The van der Waals surface area contributed by atoms with E-state index in [-0.39, 0.29) is 0 Å². The second kappa shape index (κ2) is 4.82. The number of aromatic nitrogens is 1. The maximum absolute atomic E-state index is 3.48. The van der Waals surface area contributed by atoms with Crippen molar-refractivity contribution in [2.75, 3.05) is 0 Å². The highest BCUT2D eigenvalue weighted by Gasteiger charge is 2.11. The topological polar surface area (TPSA) is 15.8 Å². The first-order chi connectivity index (χ1) is 9.51. The molecule has 1 heterocycles. The van der Waals surface area contributed by atoms with E-state index in [1.165, 1.54) is 27.7 Å². The molecule has 1 heteroatoms. The van der Waals surface area contributed by atoms with Crippen LogP contribution in [0.25, 0.3) is 22.2 Å². The molecule has 0 fully saturated rings. The largest absolute Gasteiger partial charge is 0.355 e. The molecule has 0 spiro atoms. The predicted octanol–water partition coefficient (Wildman–Crippen LogP) is 5.42. The molecule has 102 valence electrons. The highest BCUT2D eigenvalue weighted by molar-refractivity contribution is 5.85.